The monoisotopic (exact) mass is 1100 g/mol. The summed E-state index contributed by atoms with van der Waals surface area (Å²) in [5, 5.41) is 62.9. The van der Waals surface area contributed by atoms with Crippen LogP contribution >= 0.6 is 0 Å². The van der Waals surface area contributed by atoms with Crippen molar-refractivity contribution in [2.45, 2.75) is 77.1 Å². The van der Waals surface area contributed by atoms with Crippen molar-refractivity contribution < 1.29 is 58.8 Å². The predicted molar refractivity (Wildman–Crippen MR) is 294 cm³/mol. The van der Waals surface area contributed by atoms with Gasteiger partial charge in [-0.15, -0.1) is 0 Å². The quantitative estimate of drug-likeness (QED) is 0.0252. The Morgan fingerprint density at radius 2 is 0.623 bits per heavy atom. The Morgan fingerprint density at radius 1 is 0.351 bits per heavy atom. The number of nitrogens with one attached hydrogen (secondary N) is 9. The number of carbonyl (C=O) groups excluding carboxylic acids is 8. The smallest absolute Gasteiger partial charge is 0.251 e. The summed E-state index contributed by atoms with van der Waals surface area (Å²) < 4.78 is 0. The third-order valence-electron chi connectivity index (χ3n) is 12.2. The zero-order chi connectivity index (χ0) is 58.0. The fourth-order valence-electron chi connectivity index (χ4n) is 7.16. The Bertz CT molecular complexity index is 1670. The Hall–Kier alpha value is -4.68. The first kappa shape index (κ1) is 72.3. The third-order valence-corrected chi connectivity index (χ3v) is 12.2. The van der Waals surface area contributed by atoms with Gasteiger partial charge >= 0.3 is 0 Å². The van der Waals surface area contributed by atoms with Crippen LogP contribution in [0.1, 0.15) is 58.8 Å². The van der Waals surface area contributed by atoms with E-state index in [1.54, 1.807) is 0 Å². The molecule has 0 aromatic heterocycles. The van der Waals surface area contributed by atoms with Crippen molar-refractivity contribution in [2.75, 3.05) is 193 Å². The lowest BCUT2D eigenvalue weighted by molar-refractivity contribution is -0.142. The number of aliphatic hydroxyl groups excluding tert-OH is 4. The largest absolute Gasteiger partial charge is 0.394 e. The van der Waals surface area contributed by atoms with E-state index in [9.17, 15) is 53.7 Å². The minimum absolute atomic E-state index is 0.0200. The summed E-state index contributed by atoms with van der Waals surface area (Å²) in [6.07, 6.45) is -3.27. The van der Waals surface area contributed by atoms with Crippen LogP contribution in [0.4, 0.5) is 0 Å². The highest BCUT2D eigenvalue weighted by Crippen LogP contribution is 2.01. The molecule has 0 aliphatic rings. The molecule has 0 spiro atoms. The summed E-state index contributed by atoms with van der Waals surface area (Å²) in [7, 11) is 11.4. The van der Waals surface area contributed by atoms with Gasteiger partial charge in [-0.05, 0) is 48.2 Å². The lowest BCUT2D eigenvalue weighted by Gasteiger charge is -2.20. The fourth-order valence-corrected chi connectivity index (χ4v) is 7.16. The molecule has 0 saturated heterocycles. The molecule has 8 amide bonds. The van der Waals surface area contributed by atoms with Crippen molar-refractivity contribution in [2.24, 2.45) is 5.92 Å². The van der Waals surface area contributed by atoms with E-state index in [1.807, 2.05) is 66.8 Å². The Balaban J connectivity index is 3.89. The minimum Gasteiger partial charge on any atom is -0.394 e. The first-order valence-electron chi connectivity index (χ1n) is 27.1. The van der Waals surface area contributed by atoms with Crippen LogP contribution in [-0.2, 0) is 38.4 Å². The molecule has 77 heavy (non-hydrogen) atoms. The standard InChI is InChI=1S/C50H101N15O12/c1-39(2)37-65(8)31-15-43(70)52-18-17-51-16-9-41(68)54-21-32-61(4)27-11-44(71)56-23-34-63(6)29-13-46(73)58-25-36-64(7)30-14-47(74)57-24-35-62(5)28-12-45(72)55-22-33-60(3)26-10-42(69)53-19-20-59-50(77)49(76)48(75)40(67)38-66/h39-40,48-49,51,66-67,75-76H,9-38H2,1-8H3,(H,52,70)(H,53,69)(H,54,68)(H,55,72)(H,56,71)(H,57,74)(H,58,73)(H,59,77). The van der Waals surface area contributed by atoms with E-state index >= 15 is 0 Å². The zero-order valence-corrected chi connectivity index (χ0v) is 47.8. The second-order valence-electron chi connectivity index (χ2n) is 20.1. The van der Waals surface area contributed by atoms with Gasteiger partial charge in [0.15, 0.2) is 6.10 Å². The molecule has 3 unspecified atom stereocenters. The van der Waals surface area contributed by atoms with Crippen LogP contribution in [0, 0.1) is 5.92 Å². The van der Waals surface area contributed by atoms with Crippen molar-refractivity contribution in [1.29, 1.82) is 0 Å². The average Bonchev–Trinajstić information content (AvgIpc) is 3.38. The molecule has 0 radical (unpaired) electrons. The fraction of sp³-hybridized carbons (Fsp3) is 0.840. The zero-order valence-electron chi connectivity index (χ0n) is 47.8. The summed E-state index contributed by atoms with van der Waals surface area (Å²) in [6, 6.07) is 0. The van der Waals surface area contributed by atoms with E-state index in [1.165, 1.54) is 0 Å². The van der Waals surface area contributed by atoms with Gasteiger partial charge in [-0.3, -0.25) is 38.4 Å². The van der Waals surface area contributed by atoms with E-state index < -0.39 is 30.8 Å². The van der Waals surface area contributed by atoms with Gasteiger partial charge < -0.3 is 97.7 Å². The molecule has 0 bridgehead atoms. The highest BCUT2D eigenvalue weighted by atomic mass is 16.4. The van der Waals surface area contributed by atoms with Gasteiger partial charge in [0.05, 0.1) is 6.61 Å². The topological polar surface area (TPSA) is 345 Å². The SMILES string of the molecule is CC(C)CN(C)CCC(=O)NCCNCCC(=O)NCCN(C)CCC(=O)NCCN(C)CCC(=O)NCCN(C)CCC(=O)NCCN(C)CCC(=O)NCCN(C)CCC(=O)NCCNC(=O)C(O)C(O)C(O)CO. The van der Waals surface area contributed by atoms with Crippen molar-refractivity contribution in [3.63, 3.8) is 0 Å². The average molecular weight is 1100 g/mol. The first-order valence-corrected chi connectivity index (χ1v) is 27.1. The lowest BCUT2D eigenvalue weighted by Crippen LogP contribution is -2.49. The summed E-state index contributed by atoms with van der Waals surface area (Å²) in [4.78, 5) is 110. The van der Waals surface area contributed by atoms with Gasteiger partial charge in [0.1, 0.15) is 12.2 Å². The van der Waals surface area contributed by atoms with Crippen molar-refractivity contribution >= 4 is 47.3 Å². The lowest BCUT2D eigenvalue weighted by atomic mass is 10.1. The number of hydrogen-bond acceptors (Lipinski definition) is 19. The van der Waals surface area contributed by atoms with E-state index in [0.717, 1.165) is 13.1 Å². The highest BCUT2D eigenvalue weighted by molar-refractivity contribution is 5.81. The van der Waals surface area contributed by atoms with Crippen LogP contribution in [0.5, 0.6) is 0 Å². The number of nitrogens with zero attached hydrogens (tertiary/aromatic N) is 6. The number of aliphatic hydroxyl groups is 4. The summed E-state index contributed by atoms with van der Waals surface area (Å²) >= 11 is 0. The molecule has 27 nitrogen and oxygen atoms in total. The molecule has 0 heterocycles. The normalized spacial score (nSPS) is 12.8. The van der Waals surface area contributed by atoms with Gasteiger partial charge in [-0.25, -0.2) is 0 Å². The summed E-state index contributed by atoms with van der Waals surface area (Å²) in [5.41, 5.74) is 0. The van der Waals surface area contributed by atoms with Crippen molar-refractivity contribution in [1.82, 2.24) is 77.3 Å². The van der Waals surface area contributed by atoms with Crippen LogP contribution in [0.3, 0.4) is 0 Å². The van der Waals surface area contributed by atoms with Gasteiger partial charge in [-0.1, -0.05) is 13.8 Å². The maximum atomic E-state index is 12.4. The Morgan fingerprint density at radius 3 is 0.935 bits per heavy atom. The van der Waals surface area contributed by atoms with Gasteiger partial charge in [0, 0.05) is 189 Å². The molecule has 0 aromatic carbocycles. The minimum atomic E-state index is -1.93. The molecular formula is C50H101N15O12. The molecule has 0 fully saturated rings. The van der Waals surface area contributed by atoms with Crippen LogP contribution < -0.4 is 47.9 Å². The molecule has 3 atom stereocenters. The molecule has 448 valence electrons. The maximum Gasteiger partial charge on any atom is 0.251 e. The van der Waals surface area contributed by atoms with E-state index in [-0.39, 0.29) is 67.3 Å². The second kappa shape index (κ2) is 45.2. The maximum absolute atomic E-state index is 12.4. The van der Waals surface area contributed by atoms with E-state index in [4.69, 9.17) is 5.11 Å². The predicted octanol–water partition coefficient (Wildman–Crippen LogP) is -6.44. The number of likely N-dealkylation sites (N-methyl/N-ethyl adjacent to an activating group) is 5. The van der Waals surface area contributed by atoms with Gasteiger partial charge in [0.2, 0.25) is 41.4 Å². The second-order valence-corrected chi connectivity index (χ2v) is 20.1. The van der Waals surface area contributed by atoms with Gasteiger partial charge in [0.25, 0.3) is 5.91 Å². The number of hydrogen-bond donors (Lipinski definition) is 13. The number of rotatable bonds is 48. The number of carbonyl (C=O) groups is 8. The first-order chi connectivity index (χ1) is 36.5. The number of amides is 8. The Kier molecular flexibility index (Phi) is 42.5. The van der Waals surface area contributed by atoms with E-state index in [2.05, 4.69) is 66.6 Å². The molecular weight excluding hydrogens is 1000 g/mol. The molecule has 13 N–H and O–H groups in total. The summed E-state index contributed by atoms with van der Waals surface area (Å²) in [6.45, 7) is 14.4. The molecule has 27 heteroatoms. The molecule has 0 saturated carbocycles. The van der Waals surface area contributed by atoms with E-state index in [0.29, 0.717) is 156 Å². The molecule has 0 aromatic rings. The molecule has 0 rings (SSSR count). The third kappa shape index (κ3) is 43.0. The van der Waals surface area contributed by atoms with Gasteiger partial charge in [-0.2, -0.15) is 0 Å². The highest BCUT2D eigenvalue weighted by Gasteiger charge is 2.29. The van der Waals surface area contributed by atoms with Crippen LogP contribution in [0.15, 0.2) is 0 Å². The van der Waals surface area contributed by atoms with Crippen LogP contribution in [0.25, 0.3) is 0 Å². The molecule has 0 aliphatic carbocycles. The van der Waals surface area contributed by atoms with Crippen molar-refractivity contribution in [3.05, 3.63) is 0 Å². The Labute approximate surface area is 458 Å². The van der Waals surface area contributed by atoms with Crippen molar-refractivity contribution in [3.8, 4) is 0 Å². The van der Waals surface area contributed by atoms with Crippen LogP contribution in [-0.4, -0.2) is 308 Å². The van der Waals surface area contributed by atoms with Crippen LogP contribution in [0.2, 0.25) is 0 Å². The molecule has 0 aliphatic heterocycles. The summed E-state index contributed by atoms with van der Waals surface area (Å²) in [5.74, 6) is -1.05.